The zero-order valence-corrected chi connectivity index (χ0v) is 17.9. The lowest BCUT2D eigenvalue weighted by Crippen LogP contribution is -2.33. The standard InChI is InChI=1S/C23H25N3O5/c1-14(2)31-20(27)13-19(15-9-11-16(30-4)12-10-15)24-22(28)21-17-7-5-6-8-18(17)23(29)26(3)25-21/h5-12,14,19H,13H2,1-4H3,(H,24,28)/t19-/m1/s1. The van der Waals surface area contributed by atoms with Crippen LogP contribution in [0.2, 0.25) is 0 Å². The van der Waals surface area contributed by atoms with Gasteiger partial charge in [-0.15, -0.1) is 0 Å². The van der Waals surface area contributed by atoms with Crippen LogP contribution in [0.25, 0.3) is 10.8 Å². The first-order chi connectivity index (χ1) is 14.8. The fourth-order valence-electron chi connectivity index (χ4n) is 3.26. The van der Waals surface area contributed by atoms with E-state index >= 15 is 0 Å². The molecule has 31 heavy (non-hydrogen) atoms. The number of carbonyl (C=O) groups is 2. The van der Waals surface area contributed by atoms with Gasteiger partial charge in [-0.1, -0.05) is 30.3 Å². The van der Waals surface area contributed by atoms with E-state index in [-0.39, 0.29) is 23.8 Å². The van der Waals surface area contributed by atoms with Gasteiger partial charge >= 0.3 is 5.97 Å². The van der Waals surface area contributed by atoms with Crippen LogP contribution in [-0.2, 0) is 16.6 Å². The fraction of sp³-hybridized carbons (Fsp3) is 0.304. The molecule has 0 radical (unpaired) electrons. The number of methoxy groups -OCH3 is 1. The molecule has 0 saturated carbocycles. The highest BCUT2D eigenvalue weighted by Gasteiger charge is 2.23. The van der Waals surface area contributed by atoms with Crippen molar-refractivity contribution >= 4 is 22.6 Å². The molecule has 8 heteroatoms. The quantitative estimate of drug-likeness (QED) is 0.587. The summed E-state index contributed by atoms with van der Waals surface area (Å²) in [6.07, 6.45) is -0.325. The lowest BCUT2D eigenvalue weighted by Gasteiger charge is -2.20. The Bertz CT molecular complexity index is 1150. The molecule has 1 amide bonds. The average Bonchev–Trinajstić information content (AvgIpc) is 2.75. The Balaban J connectivity index is 1.96. The summed E-state index contributed by atoms with van der Waals surface area (Å²) in [6.45, 7) is 3.53. The number of ether oxygens (including phenoxy) is 2. The maximum Gasteiger partial charge on any atom is 0.308 e. The van der Waals surface area contributed by atoms with Crippen molar-refractivity contribution in [3.05, 3.63) is 70.1 Å². The third-order valence-corrected chi connectivity index (χ3v) is 4.73. The van der Waals surface area contributed by atoms with Crippen LogP contribution in [0.3, 0.4) is 0 Å². The Kier molecular flexibility index (Phi) is 6.69. The fourth-order valence-corrected chi connectivity index (χ4v) is 3.26. The van der Waals surface area contributed by atoms with Crippen molar-refractivity contribution < 1.29 is 19.1 Å². The number of aryl methyl sites for hydroxylation is 1. The topological polar surface area (TPSA) is 99.5 Å². The van der Waals surface area contributed by atoms with E-state index in [9.17, 15) is 14.4 Å². The summed E-state index contributed by atoms with van der Waals surface area (Å²) in [5.74, 6) is -0.274. The summed E-state index contributed by atoms with van der Waals surface area (Å²) in [4.78, 5) is 37.8. The molecule has 1 atom stereocenters. The van der Waals surface area contributed by atoms with Crippen LogP contribution in [0.5, 0.6) is 5.75 Å². The van der Waals surface area contributed by atoms with E-state index < -0.39 is 17.9 Å². The second-order valence-electron chi connectivity index (χ2n) is 7.36. The minimum Gasteiger partial charge on any atom is -0.497 e. The zero-order chi connectivity index (χ0) is 22.5. The predicted molar refractivity (Wildman–Crippen MR) is 116 cm³/mol. The van der Waals surface area contributed by atoms with Crippen molar-refractivity contribution in [1.29, 1.82) is 0 Å². The van der Waals surface area contributed by atoms with Crippen LogP contribution in [0.15, 0.2) is 53.3 Å². The Morgan fingerprint density at radius 2 is 1.71 bits per heavy atom. The Labute approximate surface area is 179 Å². The Hall–Kier alpha value is -3.68. The Morgan fingerprint density at radius 3 is 2.32 bits per heavy atom. The minimum absolute atomic E-state index is 0.0556. The molecule has 1 heterocycles. The van der Waals surface area contributed by atoms with E-state index in [2.05, 4.69) is 10.4 Å². The van der Waals surface area contributed by atoms with Gasteiger partial charge in [-0.05, 0) is 37.6 Å². The summed E-state index contributed by atoms with van der Waals surface area (Å²) >= 11 is 0. The smallest absolute Gasteiger partial charge is 0.308 e. The molecule has 8 nitrogen and oxygen atoms in total. The van der Waals surface area contributed by atoms with Gasteiger partial charge in [0.2, 0.25) is 0 Å². The SMILES string of the molecule is COc1ccc([C@@H](CC(=O)OC(C)C)NC(=O)c2nn(C)c(=O)c3ccccc23)cc1. The maximum absolute atomic E-state index is 13.2. The first kappa shape index (κ1) is 22.0. The summed E-state index contributed by atoms with van der Waals surface area (Å²) in [5, 5.41) is 7.87. The minimum atomic E-state index is -0.651. The van der Waals surface area contributed by atoms with E-state index in [0.29, 0.717) is 22.1 Å². The van der Waals surface area contributed by atoms with Crippen LogP contribution in [0, 0.1) is 0 Å². The lowest BCUT2D eigenvalue weighted by atomic mass is 10.0. The second-order valence-corrected chi connectivity index (χ2v) is 7.36. The first-order valence-corrected chi connectivity index (χ1v) is 9.90. The molecule has 3 rings (SSSR count). The lowest BCUT2D eigenvalue weighted by molar-refractivity contribution is -0.147. The number of aromatic nitrogens is 2. The summed E-state index contributed by atoms with van der Waals surface area (Å²) < 4.78 is 11.6. The summed E-state index contributed by atoms with van der Waals surface area (Å²) in [6, 6.07) is 13.2. The van der Waals surface area contributed by atoms with Crippen LogP contribution >= 0.6 is 0 Å². The van der Waals surface area contributed by atoms with Gasteiger partial charge in [0.25, 0.3) is 11.5 Å². The Morgan fingerprint density at radius 1 is 1.06 bits per heavy atom. The van der Waals surface area contributed by atoms with Crippen LogP contribution in [0.4, 0.5) is 0 Å². The van der Waals surface area contributed by atoms with E-state index in [1.54, 1.807) is 69.5 Å². The molecule has 0 aliphatic rings. The normalized spacial score (nSPS) is 11.9. The monoisotopic (exact) mass is 423 g/mol. The molecule has 2 aromatic carbocycles. The number of rotatable bonds is 7. The second kappa shape index (κ2) is 9.42. The van der Waals surface area contributed by atoms with E-state index in [4.69, 9.17) is 9.47 Å². The molecule has 0 aliphatic heterocycles. The van der Waals surface area contributed by atoms with E-state index in [1.165, 1.54) is 7.05 Å². The molecule has 0 fully saturated rings. The van der Waals surface area contributed by atoms with Gasteiger partial charge in [0.15, 0.2) is 5.69 Å². The van der Waals surface area contributed by atoms with Crippen molar-refractivity contribution in [1.82, 2.24) is 15.1 Å². The number of esters is 1. The number of nitrogens with one attached hydrogen (secondary N) is 1. The van der Waals surface area contributed by atoms with Gasteiger partial charge in [-0.3, -0.25) is 14.4 Å². The number of hydrogen-bond donors (Lipinski definition) is 1. The van der Waals surface area contributed by atoms with Crippen LogP contribution in [-0.4, -0.2) is 34.9 Å². The highest BCUT2D eigenvalue weighted by Crippen LogP contribution is 2.22. The maximum atomic E-state index is 13.2. The molecule has 0 aliphatic carbocycles. The summed E-state index contributed by atoms with van der Waals surface area (Å²) in [7, 11) is 3.05. The molecular formula is C23H25N3O5. The molecule has 3 aromatic rings. The molecule has 0 spiro atoms. The number of nitrogens with zero attached hydrogens (tertiary/aromatic N) is 2. The van der Waals surface area contributed by atoms with Gasteiger partial charge in [-0.25, -0.2) is 4.68 Å². The van der Waals surface area contributed by atoms with Crippen molar-refractivity contribution in [3.8, 4) is 5.75 Å². The van der Waals surface area contributed by atoms with Crippen molar-refractivity contribution in [2.45, 2.75) is 32.4 Å². The molecule has 0 unspecified atom stereocenters. The predicted octanol–water partition coefficient (Wildman–Crippen LogP) is 2.75. The molecule has 1 aromatic heterocycles. The van der Waals surface area contributed by atoms with Gasteiger partial charge in [-0.2, -0.15) is 5.10 Å². The molecule has 1 N–H and O–H groups in total. The molecule has 0 saturated heterocycles. The molecule has 0 bridgehead atoms. The van der Waals surface area contributed by atoms with Crippen LogP contribution < -0.4 is 15.6 Å². The highest BCUT2D eigenvalue weighted by molar-refractivity contribution is 6.05. The third-order valence-electron chi connectivity index (χ3n) is 4.73. The number of benzene rings is 2. The first-order valence-electron chi connectivity index (χ1n) is 9.90. The summed E-state index contributed by atoms with van der Waals surface area (Å²) in [5.41, 5.74) is 0.525. The highest BCUT2D eigenvalue weighted by atomic mass is 16.5. The molecule has 162 valence electrons. The average molecular weight is 423 g/mol. The van der Waals surface area contributed by atoms with Gasteiger partial charge < -0.3 is 14.8 Å². The van der Waals surface area contributed by atoms with Crippen molar-refractivity contribution in [2.24, 2.45) is 7.05 Å². The van der Waals surface area contributed by atoms with Gasteiger partial charge in [0, 0.05) is 12.4 Å². The van der Waals surface area contributed by atoms with Crippen LogP contribution in [0.1, 0.15) is 42.4 Å². The van der Waals surface area contributed by atoms with E-state index in [0.717, 1.165) is 4.68 Å². The largest absolute Gasteiger partial charge is 0.497 e. The van der Waals surface area contributed by atoms with E-state index in [1.807, 2.05) is 0 Å². The van der Waals surface area contributed by atoms with Gasteiger partial charge in [0.1, 0.15) is 5.75 Å². The third kappa shape index (κ3) is 5.09. The number of amides is 1. The zero-order valence-electron chi connectivity index (χ0n) is 17.9. The number of fused-ring (bicyclic) bond motifs is 1. The molecular weight excluding hydrogens is 398 g/mol. The number of carbonyl (C=O) groups excluding carboxylic acids is 2. The number of hydrogen-bond acceptors (Lipinski definition) is 6. The van der Waals surface area contributed by atoms with Crippen molar-refractivity contribution in [2.75, 3.05) is 7.11 Å². The van der Waals surface area contributed by atoms with Crippen molar-refractivity contribution in [3.63, 3.8) is 0 Å². The van der Waals surface area contributed by atoms with Gasteiger partial charge in [0.05, 0.1) is 31.1 Å².